The van der Waals surface area contributed by atoms with Gasteiger partial charge in [-0.3, -0.25) is 0 Å². The summed E-state index contributed by atoms with van der Waals surface area (Å²) in [5.74, 6) is 0. The quantitative estimate of drug-likeness (QED) is 0.114. The van der Waals surface area contributed by atoms with E-state index in [0.29, 0.717) is 0 Å². The Kier molecular flexibility index (Phi) is 16.8. The summed E-state index contributed by atoms with van der Waals surface area (Å²) in [5, 5.41) is 20.7. The summed E-state index contributed by atoms with van der Waals surface area (Å²) in [5.41, 5.74) is 21.3. The summed E-state index contributed by atoms with van der Waals surface area (Å²) in [6.45, 7) is 0. The van der Waals surface area contributed by atoms with E-state index in [-0.39, 0.29) is 0 Å². The maximum Gasteiger partial charge on any atom is 0.0463 e. The fourth-order valence-corrected chi connectivity index (χ4v) is 12.0. The summed E-state index contributed by atoms with van der Waals surface area (Å²) in [4.78, 5) is 0. The molecule has 0 atom stereocenters. The molecule has 3 N–H and O–H groups in total. The second kappa shape index (κ2) is 26.9. The van der Waals surface area contributed by atoms with E-state index in [4.69, 9.17) is 0 Å². The number of fused-ring (bicyclic) bond motifs is 4. The van der Waals surface area contributed by atoms with Crippen molar-refractivity contribution in [3.63, 3.8) is 0 Å². The van der Waals surface area contributed by atoms with E-state index in [9.17, 15) is 0 Å². The molecule has 0 aliphatic carbocycles. The third-order valence-corrected chi connectivity index (χ3v) is 16.7. The lowest BCUT2D eigenvalue weighted by molar-refractivity contribution is 1.54. The summed E-state index contributed by atoms with van der Waals surface area (Å²) < 4.78 is 0. The van der Waals surface area contributed by atoms with Crippen LogP contribution in [0.3, 0.4) is 0 Å². The second-order valence-electron chi connectivity index (χ2n) is 22.7. The smallest absolute Gasteiger partial charge is 0.0463 e. The van der Waals surface area contributed by atoms with Crippen LogP contribution in [0.15, 0.2) is 376 Å². The average molecular weight is 1160 g/mol. The van der Waals surface area contributed by atoms with E-state index >= 15 is 0 Å². The lowest BCUT2D eigenvalue weighted by Crippen LogP contribution is -1.93. The summed E-state index contributed by atoms with van der Waals surface area (Å²) in [7, 11) is 0. The Morgan fingerprint density at radius 1 is 0.143 bits per heavy atom. The van der Waals surface area contributed by atoms with Gasteiger partial charge in [0.2, 0.25) is 0 Å². The molecule has 0 aliphatic rings. The van der Waals surface area contributed by atoms with Crippen molar-refractivity contribution in [3.8, 4) is 66.8 Å². The Hall–Kier alpha value is -12.0. The maximum atomic E-state index is 3.61. The van der Waals surface area contributed by atoms with Gasteiger partial charge in [0.1, 0.15) is 0 Å². The number of hydrogen-bond donors (Lipinski definition) is 3. The number of nitrogens with one attached hydrogen (secondary N) is 3. The molecular weight excluding hydrogens is 1100 g/mol. The molecule has 0 heterocycles. The van der Waals surface area contributed by atoms with Gasteiger partial charge in [0.25, 0.3) is 0 Å². The average Bonchev–Trinajstić information content (AvgIpc) is 2.66. The Balaban J connectivity index is 0.000000119. The number of para-hydroxylation sites is 1. The minimum absolute atomic E-state index is 1.08. The zero-order chi connectivity index (χ0) is 61.0. The highest BCUT2D eigenvalue weighted by Gasteiger charge is 2.10. The summed E-state index contributed by atoms with van der Waals surface area (Å²) in [6.07, 6.45) is 0. The number of hydrogen-bond acceptors (Lipinski definition) is 3. The van der Waals surface area contributed by atoms with Gasteiger partial charge in [-0.15, -0.1) is 0 Å². The predicted molar refractivity (Wildman–Crippen MR) is 391 cm³/mol. The molecule has 0 fully saturated rings. The van der Waals surface area contributed by atoms with Gasteiger partial charge in [0, 0.05) is 39.7 Å². The highest BCUT2D eigenvalue weighted by molar-refractivity contribution is 5.98. The Morgan fingerprint density at radius 3 is 0.956 bits per heavy atom. The predicted octanol–water partition coefficient (Wildman–Crippen LogP) is 24.9. The molecule has 16 rings (SSSR count). The molecule has 432 valence electrons. The van der Waals surface area contributed by atoms with Gasteiger partial charge in [0.15, 0.2) is 0 Å². The van der Waals surface area contributed by atoms with Crippen molar-refractivity contribution in [2.75, 3.05) is 16.0 Å². The van der Waals surface area contributed by atoms with Crippen molar-refractivity contribution in [3.05, 3.63) is 376 Å². The van der Waals surface area contributed by atoms with Crippen molar-refractivity contribution in [1.82, 2.24) is 0 Å². The molecule has 0 unspecified atom stereocenters. The minimum atomic E-state index is 1.08. The highest BCUT2D eigenvalue weighted by atomic mass is 14.9. The van der Waals surface area contributed by atoms with E-state index in [0.717, 1.165) is 34.1 Å². The SMILES string of the molecule is c1ccc(-c2ccc(Nc3ccc(-c4ccc5ccccc5c4)cc3)cc2)cc1.c1ccc(-c2ccc3cc(Nc4ccccc4-c4ccccc4)ccc3c2)cc1.c1ccc2c(-c3ccc(Nc4ccc(-c5cccc6ccccc56)cc4)cc3)cccc2c1. The summed E-state index contributed by atoms with van der Waals surface area (Å²) >= 11 is 0. The molecule has 0 amide bonds. The van der Waals surface area contributed by atoms with Gasteiger partial charge < -0.3 is 16.0 Å². The van der Waals surface area contributed by atoms with Crippen molar-refractivity contribution in [1.29, 1.82) is 0 Å². The topological polar surface area (TPSA) is 36.1 Å². The van der Waals surface area contributed by atoms with Crippen molar-refractivity contribution < 1.29 is 0 Å². The van der Waals surface area contributed by atoms with Crippen LogP contribution < -0.4 is 16.0 Å². The Bertz CT molecular complexity index is 4950. The van der Waals surface area contributed by atoms with Crippen LogP contribution in [0, 0.1) is 0 Å². The van der Waals surface area contributed by atoms with Crippen LogP contribution in [0.25, 0.3) is 110 Å². The largest absolute Gasteiger partial charge is 0.356 e. The molecular formula is C88H65N3. The molecule has 3 nitrogen and oxygen atoms in total. The van der Waals surface area contributed by atoms with Crippen molar-refractivity contribution >= 4 is 77.2 Å². The first-order valence-corrected chi connectivity index (χ1v) is 31.0. The van der Waals surface area contributed by atoms with Crippen LogP contribution in [-0.2, 0) is 0 Å². The molecule has 0 aromatic heterocycles. The minimum Gasteiger partial charge on any atom is -0.356 e. The van der Waals surface area contributed by atoms with Gasteiger partial charge in [-0.05, 0) is 183 Å². The lowest BCUT2D eigenvalue weighted by atomic mass is 9.98. The van der Waals surface area contributed by atoms with Gasteiger partial charge >= 0.3 is 0 Å². The first-order valence-electron chi connectivity index (χ1n) is 31.0. The number of rotatable bonds is 12. The van der Waals surface area contributed by atoms with Crippen LogP contribution in [0.5, 0.6) is 0 Å². The molecule has 0 saturated carbocycles. The van der Waals surface area contributed by atoms with Crippen molar-refractivity contribution in [2.24, 2.45) is 0 Å². The van der Waals surface area contributed by atoms with Crippen LogP contribution in [0.2, 0.25) is 0 Å². The van der Waals surface area contributed by atoms with Gasteiger partial charge in [-0.25, -0.2) is 0 Å². The van der Waals surface area contributed by atoms with Crippen LogP contribution in [0.4, 0.5) is 34.1 Å². The van der Waals surface area contributed by atoms with Gasteiger partial charge in [0.05, 0.1) is 0 Å². The van der Waals surface area contributed by atoms with Crippen LogP contribution >= 0.6 is 0 Å². The number of anilines is 6. The standard InChI is InChI=1S/C32H23N.2C28H21N/c1-3-11-29-23(7-1)9-5-13-31(29)25-15-19-27(20-16-25)33-28-21-17-26(18-22-28)32-14-6-10-24-8-2-4-12-30(24)32;1-3-9-21(10-4-1)23-15-16-25-20-26(18-17-24(25)19-23)29-28-14-8-7-13-27(28)22-11-5-2-6-12-22;1-2-6-21(7-3-1)23-12-16-27(17-13-23)29-28-18-14-24(15-19-28)26-11-10-22-8-4-5-9-25(22)20-26/h1-22,33H;2*1-20,29H. The van der Waals surface area contributed by atoms with Gasteiger partial charge in [-0.1, -0.05) is 297 Å². The lowest BCUT2D eigenvalue weighted by Gasteiger charge is -2.13. The van der Waals surface area contributed by atoms with Crippen LogP contribution in [-0.4, -0.2) is 0 Å². The fraction of sp³-hybridized carbons (Fsp3) is 0. The van der Waals surface area contributed by atoms with Gasteiger partial charge in [-0.2, -0.15) is 0 Å². The Labute approximate surface area is 532 Å². The fourth-order valence-electron chi connectivity index (χ4n) is 12.0. The molecule has 16 aromatic carbocycles. The van der Waals surface area contributed by atoms with E-state index in [1.54, 1.807) is 0 Å². The van der Waals surface area contributed by atoms with E-state index in [1.807, 2.05) is 12.1 Å². The first kappa shape index (κ1) is 56.7. The zero-order valence-corrected chi connectivity index (χ0v) is 50.3. The molecule has 3 heteroatoms. The van der Waals surface area contributed by atoms with E-state index in [1.165, 1.54) is 110 Å². The molecule has 0 radical (unpaired) electrons. The normalized spacial score (nSPS) is 10.9. The van der Waals surface area contributed by atoms with E-state index < -0.39 is 0 Å². The number of benzene rings is 16. The molecule has 0 aliphatic heterocycles. The van der Waals surface area contributed by atoms with E-state index in [2.05, 4.69) is 380 Å². The monoisotopic (exact) mass is 1160 g/mol. The second-order valence-corrected chi connectivity index (χ2v) is 22.7. The first-order chi connectivity index (χ1) is 45.1. The third-order valence-electron chi connectivity index (χ3n) is 16.7. The van der Waals surface area contributed by atoms with Crippen LogP contribution in [0.1, 0.15) is 0 Å². The Morgan fingerprint density at radius 2 is 0.440 bits per heavy atom. The molecule has 0 spiro atoms. The summed E-state index contributed by atoms with van der Waals surface area (Å²) in [6, 6.07) is 133. The van der Waals surface area contributed by atoms with Crippen molar-refractivity contribution in [2.45, 2.75) is 0 Å². The molecule has 16 aromatic rings. The third kappa shape index (κ3) is 13.4. The highest BCUT2D eigenvalue weighted by Crippen LogP contribution is 2.36. The molecule has 91 heavy (non-hydrogen) atoms. The zero-order valence-electron chi connectivity index (χ0n) is 50.3. The maximum absolute atomic E-state index is 3.61. The molecule has 0 saturated heterocycles. The molecule has 0 bridgehead atoms.